The fourth-order valence-corrected chi connectivity index (χ4v) is 3.70. The van der Waals surface area contributed by atoms with E-state index in [4.69, 9.17) is 4.74 Å². The lowest BCUT2D eigenvalue weighted by Crippen LogP contribution is -2.44. The fourth-order valence-electron chi connectivity index (χ4n) is 3.70. The average Bonchev–Trinajstić information content (AvgIpc) is 3.05. The van der Waals surface area contributed by atoms with Crippen LogP contribution in [0.25, 0.3) is 0 Å². The van der Waals surface area contributed by atoms with E-state index in [0.717, 1.165) is 28.2 Å². The summed E-state index contributed by atoms with van der Waals surface area (Å²) in [6, 6.07) is 15.9. The smallest absolute Gasteiger partial charge is 0.322 e. The molecule has 1 unspecified atom stereocenters. The van der Waals surface area contributed by atoms with Gasteiger partial charge in [0.1, 0.15) is 11.9 Å². The number of benzene rings is 2. The maximum atomic E-state index is 13.5. The number of aromatic nitrogens is 2. The van der Waals surface area contributed by atoms with Crippen LogP contribution in [0.1, 0.15) is 28.6 Å². The molecular weight excluding hydrogens is 383 g/mol. The predicted octanol–water partition coefficient (Wildman–Crippen LogP) is 4.29. The quantitative estimate of drug-likeness (QED) is 0.701. The van der Waals surface area contributed by atoms with E-state index >= 15 is 0 Å². The highest BCUT2D eigenvalue weighted by Gasteiger charge is 2.25. The Hall–Kier alpha value is -3.19. The maximum Gasteiger partial charge on any atom is 0.322 e. The largest absolute Gasteiger partial charge is 0.370 e. The second-order valence-corrected chi connectivity index (χ2v) is 7.58. The number of carbonyl (C=O) groups is 1. The van der Waals surface area contributed by atoms with Crippen molar-refractivity contribution in [1.82, 2.24) is 14.7 Å². The monoisotopic (exact) mass is 408 g/mol. The molecule has 6 nitrogen and oxygen atoms in total. The van der Waals surface area contributed by atoms with Crippen molar-refractivity contribution >= 4 is 11.7 Å². The molecular formula is C23H25FN4O2. The topological polar surface area (TPSA) is 59.4 Å². The van der Waals surface area contributed by atoms with Gasteiger partial charge in [0.25, 0.3) is 0 Å². The minimum Gasteiger partial charge on any atom is -0.370 e. The van der Waals surface area contributed by atoms with Crippen LogP contribution in [0.5, 0.6) is 0 Å². The van der Waals surface area contributed by atoms with Crippen LogP contribution in [0.3, 0.4) is 0 Å². The first-order valence-electron chi connectivity index (χ1n) is 10.0. The molecule has 0 spiro atoms. The lowest BCUT2D eigenvalue weighted by molar-refractivity contribution is -0.0136. The molecule has 1 N–H and O–H groups in total. The van der Waals surface area contributed by atoms with Gasteiger partial charge < -0.3 is 15.0 Å². The molecule has 156 valence electrons. The number of ether oxygens (including phenoxy) is 1. The zero-order valence-corrected chi connectivity index (χ0v) is 17.1. The molecule has 1 aromatic heterocycles. The summed E-state index contributed by atoms with van der Waals surface area (Å²) in [5.74, 6) is -0.308. The first-order valence-corrected chi connectivity index (χ1v) is 10.0. The molecule has 0 radical (unpaired) electrons. The fraction of sp³-hybridized carbons (Fsp3) is 0.304. The van der Waals surface area contributed by atoms with Gasteiger partial charge in [-0.15, -0.1) is 0 Å². The Balaban J connectivity index is 1.41. The van der Waals surface area contributed by atoms with E-state index in [2.05, 4.69) is 10.4 Å². The summed E-state index contributed by atoms with van der Waals surface area (Å²) in [6.45, 7) is 5.91. The van der Waals surface area contributed by atoms with Crippen molar-refractivity contribution in [3.8, 4) is 0 Å². The van der Waals surface area contributed by atoms with Gasteiger partial charge in [-0.3, -0.25) is 4.68 Å². The first kappa shape index (κ1) is 20.1. The minimum absolute atomic E-state index is 0.192. The summed E-state index contributed by atoms with van der Waals surface area (Å²) in [5.41, 5.74) is 4.60. The van der Waals surface area contributed by atoms with Crippen molar-refractivity contribution < 1.29 is 13.9 Å². The third kappa shape index (κ3) is 4.68. The summed E-state index contributed by atoms with van der Waals surface area (Å²) in [6.07, 6.45) is -0.336. The number of anilines is 1. The van der Waals surface area contributed by atoms with Gasteiger partial charge >= 0.3 is 6.03 Å². The third-order valence-electron chi connectivity index (χ3n) is 5.19. The van der Waals surface area contributed by atoms with E-state index in [1.54, 1.807) is 11.0 Å². The number of nitrogens with one attached hydrogen (secondary N) is 1. The Morgan fingerprint density at radius 1 is 1.20 bits per heavy atom. The molecule has 30 heavy (non-hydrogen) atoms. The second kappa shape index (κ2) is 8.67. The number of morpholine rings is 1. The van der Waals surface area contributed by atoms with Gasteiger partial charge in [0.2, 0.25) is 0 Å². The number of rotatable bonds is 4. The molecule has 1 aliphatic heterocycles. The summed E-state index contributed by atoms with van der Waals surface area (Å²) in [7, 11) is 0. The Morgan fingerprint density at radius 3 is 2.80 bits per heavy atom. The van der Waals surface area contributed by atoms with Crippen molar-refractivity contribution in [2.45, 2.75) is 26.5 Å². The van der Waals surface area contributed by atoms with Crippen molar-refractivity contribution in [3.63, 3.8) is 0 Å². The van der Waals surface area contributed by atoms with Crippen LogP contribution < -0.4 is 5.32 Å². The van der Waals surface area contributed by atoms with Crippen LogP contribution >= 0.6 is 0 Å². The SMILES string of the molecule is Cc1cc(C)n(Cc2cccc(NC(=O)N3CCOC(c4cccc(F)c4)C3)c2)n1. The molecule has 0 aliphatic carbocycles. The van der Waals surface area contributed by atoms with Crippen molar-refractivity contribution in [1.29, 1.82) is 0 Å². The van der Waals surface area contributed by atoms with E-state index in [1.807, 2.05) is 54.9 Å². The van der Waals surface area contributed by atoms with Gasteiger partial charge in [-0.2, -0.15) is 5.10 Å². The summed E-state index contributed by atoms with van der Waals surface area (Å²) in [4.78, 5) is 14.5. The molecule has 0 saturated carbocycles. The predicted molar refractivity (Wildman–Crippen MR) is 113 cm³/mol. The van der Waals surface area contributed by atoms with Crippen LogP contribution in [0.4, 0.5) is 14.9 Å². The van der Waals surface area contributed by atoms with E-state index in [-0.39, 0.29) is 18.0 Å². The van der Waals surface area contributed by atoms with Crippen LogP contribution in [0.15, 0.2) is 54.6 Å². The number of halogens is 1. The molecule has 7 heteroatoms. The number of hydrogen-bond donors (Lipinski definition) is 1. The van der Waals surface area contributed by atoms with Crippen molar-refractivity contribution in [3.05, 3.63) is 82.9 Å². The standard InChI is InChI=1S/C23H25FN4O2/c1-16-11-17(2)28(26-16)14-18-5-3-8-21(12-18)25-23(29)27-9-10-30-22(15-27)19-6-4-7-20(24)13-19/h3-8,11-13,22H,9-10,14-15H2,1-2H3,(H,25,29). The Bertz CT molecular complexity index is 1050. The molecule has 2 heterocycles. The Kier molecular flexibility index (Phi) is 5.81. The number of amides is 2. The van der Waals surface area contributed by atoms with Crippen LogP contribution in [-0.2, 0) is 11.3 Å². The molecule has 0 bridgehead atoms. The van der Waals surface area contributed by atoms with Crippen molar-refractivity contribution in [2.75, 3.05) is 25.0 Å². The van der Waals surface area contributed by atoms with Crippen LogP contribution in [0, 0.1) is 19.7 Å². The van der Waals surface area contributed by atoms with E-state index < -0.39 is 0 Å². The Morgan fingerprint density at radius 2 is 2.03 bits per heavy atom. The van der Waals surface area contributed by atoms with Gasteiger partial charge in [0.15, 0.2) is 0 Å². The molecule has 4 rings (SSSR count). The second-order valence-electron chi connectivity index (χ2n) is 7.58. The Labute approximate surface area is 175 Å². The zero-order chi connectivity index (χ0) is 21.1. The minimum atomic E-state index is -0.336. The summed E-state index contributed by atoms with van der Waals surface area (Å²) < 4.78 is 21.2. The third-order valence-corrected chi connectivity index (χ3v) is 5.19. The number of aryl methyl sites for hydroxylation is 2. The number of nitrogens with zero attached hydrogens (tertiary/aromatic N) is 3. The molecule has 2 amide bonds. The van der Waals surface area contributed by atoms with E-state index in [0.29, 0.717) is 26.2 Å². The van der Waals surface area contributed by atoms with Crippen LogP contribution in [0.2, 0.25) is 0 Å². The van der Waals surface area contributed by atoms with Gasteiger partial charge in [0, 0.05) is 17.9 Å². The van der Waals surface area contributed by atoms with Gasteiger partial charge in [-0.05, 0) is 55.3 Å². The summed E-state index contributed by atoms with van der Waals surface area (Å²) in [5, 5.41) is 7.46. The zero-order valence-electron chi connectivity index (χ0n) is 17.1. The lowest BCUT2D eigenvalue weighted by atomic mass is 10.1. The average molecular weight is 408 g/mol. The van der Waals surface area contributed by atoms with Crippen LogP contribution in [-0.4, -0.2) is 40.4 Å². The highest BCUT2D eigenvalue weighted by atomic mass is 19.1. The molecule has 1 atom stereocenters. The van der Waals surface area contributed by atoms with E-state index in [1.165, 1.54) is 12.1 Å². The van der Waals surface area contributed by atoms with Crippen molar-refractivity contribution in [2.24, 2.45) is 0 Å². The molecule has 2 aromatic carbocycles. The van der Waals surface area contributed by atoms with Gasteiger partial charge in [-0.1, -0.05) is 24.3 Å². The van der Waals surface area contributed by atoms with Gasteiger partial charge in [-0.25, -0.2) is 9.18 Å². The highest BCUT2D eigenvalue weighted by molar-refractivity contribution is 5.89. The lowest BCUT2D eigenvalue weighted by Gasteiger charge is -2.33. The first-order chi connectivity index (χ1) is 14.5. The normalized spacial score (nSPS) is 16.5. The molecule has 3 aromatic rings. The van der Waals surface area contributed by atoms with Gasteiger partial charge in [0.05, 0.1) is 25.4 Å². The number of urea groups is 1. The number of hydrogen-bond acceptors (Lipinski definition) is 3. The molecule has 1 fully saturated rings. The highest BCUT2D eigenvalue weighted by Crippen LogP contribution is 2.23. The molecule has 1 aliphatic rings. The number of carbonyl (C=O) groups excluding carboxylic acids is 1. The summed E-state index contributed by atoms with van der Waals surface area (Å²) >= 11 is 0. The van der Waals surface area contributed by atoms with E-state index in [9.17, 15) is 9.18 Å². The molecule has 1 saturated heterocycles. The maximum absolute atomic E-state index is 13.5.